The highest BCUT2D eigenvalue weighted by molar-refractivity contribution is 7.89. The fraction of sp³-hybridized carbons (Fsp3) is 0.423. The van der Waals surface area contributed by atoms with Gasteiger partial charge >= 0.3 is 12.1 Å². The first-order chi connectivity index (χ1) is 17.7. The summed E-state index contributed by atoms with van der Waals surface area (Å²) in [6.07, 6.45) is 1.30. The van der Waals surface area contributed by atoms with Crippen molar-refractivity contribution < 1.29 is 32.6 Å². The number of carboxylic acids is 1. The lowest BCUT2D eigenvalue weighted by molar-refractivity contribution is -0.142. The molecule has 0 aromatic heterocycles. The van der Waals surface area contributed by atoms with Crippen molar-refractivity contribution in [1.29, 1.82) is 0 Å². The van der Waals surface area contributed by atoms with Gasteiger partial charge in [0.25, 0.3) is 0 Å². The molecular formula is C26H33N3O7S. The molecule has 0 radical (unpaired) electrons. The number of carbonyl (C=O) groups is 3. The van der Waals surface area contributed by atoms with Gasteiger partial charge in [-0.15, -0.1) is 0 Å². The lowest BCUT2D eigenvalue weighted by Gasteiger charge is -2.25. The van der Waals surface area contributed by atoms with Gasteiger partial charge in [-0.05, 0) is 56.7 Å². The van der Waals surface area contributed by atoms with Gasteiger partial charge in [0.15, 0.2) is 0 Å². The second kappa shape index (κ2) is 13.2. The maximum absolute atomic E-state index is 13.1. The zero-order valence-electron chi connectivity index (χ0n) is 20.8. The quantitative estimate of drug-likeness (QED) is 0.358. The predicted molar refractivity (Wildman–Crippen MR) is 136 cm³/mol. The number of benzene rings is 2. The average molecular weight is 532 g/mol. The molecule has 2 aromatic carbocycles. The zero-order chi connectivity index (χ0) is 26.8. The number of unbranched alkanes of at least 4 members (excludes halogenated alkanes) is 1. The number of carbonyl (C=O) groups excluding carboxylic acids is 2. The first-order valence-corrected chi connectivity index (χ1v) is 13.7. The molecule has 1 heterocycles. The first kappa shape index (κ1) is 28.1. The second-order valence-electron chi connectivity index (χ2n) is 8.97. The van der Waals surface area contributed by atoms with Crippen molar-refractivity contribution in [2.45, 2.75) is 62.6 Å². The second-order valence-corrected chi connectivity index (χ2v) is 10.9. The number of alkyl carbamates (subject to hydrolysis) is 1. The number of sulfonamides is 1. The molecule has 1 fully saturated rings. The number of nitrogens with zero attached hydrogens (tertiary/aromatic N) is 1. The summed E-state index contributed by atoms with van der Waals surface area (Å²) in [4.78, 5) is 36.6. The van der Waals surface area contributed by atoms with Crippen molar-refractivity contribution in [3.05, 3.63) is 65.7 Å². The summed E-state index contributed by atoms with van der Waals surface area (Å²) in [5.41, 5.74) is 1.78. The van der Waals surface area contributed by atoms with Crippen LogP contribution >= 0.6 is 0 Å². The number of aliphatic carboxylic acids is 1. The minimum absolute atomic E-state index is 0.0994. The van der Waals surface area contributed by atoms with Crippen molar-refractivity contribution in [2.24, 2.45) is 0 Å². The molecule has 1 aliphatic heterocycles. The highest BCUT2D eigenvalue weighted by Gasteiger charge is 2.40. The fourth-order valence-electron chi connectivity index (χ4n) is 4.10. The molecule has 0 unspecified atom stereocenters. The molecule has 200 valence electrons. The van der Waals surface area contributed by atoms with Crippen LogP contribution in [0.25, 0.3) is 0 Å². The number of amides is 2. The van der Waals surface area contributed by atoms with Crippen LogP contribution in [0.5, 0.6) is 0 Å². The number of hydrogen-bond donors (Lipinski definition) is 3. The Kier molecular flexibility index (Phi) is 10.0. The molecule has 2 atom stereocenters. The molecule has 3 rings (SSSR count). The van der Waals surface area contributed by atoms with Crippen LogP contribution < -0.4 is 10.6 Å². The van der Waals surface area contributed by atoms with Crippen molar-refractivity contribution >= 4 is 28.0 Å². The molecule has 1 aliphatic rings. The molecule has 2 aromatic rings. The van der Waals surface area contributed by atoms with Crippen LogP contribution in [0.1, 0.15) is 43.2 Å². The Morgan fingerprint density at radius 2 is 1.78 bits per heavy atom. The Labute approximate surface area is 217 Å². The van der Waals surface area contributed by atoms with E-state index in [1.54, 1.807) is 12.1 Å². The van der Waals surface area contributed by atoms with E-state index in [2.05, 4.69) is 10.6 Å². The molecule has 0 aliphatic carbocycles. The standard InChI is InChI=1S/C26H33N3O7S/c1-19-12-14-21(15-13-19)37(34,35)29-17-7-11-23(29)24(30)28-22(25(31)32)10-5-6-16-27-26(33)36-18-20-8-3-2-4-9-20/h2-4,8-9,12-15,22-23H,5-7,10-11,16-18H2,1H3,(H,27,33)(H,28,30)(H,31,32)/t22-,23-/m0/s1. The third kappa shape index (κ3) is 8.02. The molecule has 11 heteroatoms. The third-order valence-electron chi connectivity index (χ3n) is 6.15. The van der Waals surface area contributed by atoms with E-state index in [9.17, 15) is 27.9 Å². The third-order valence-corrected chi connectivity index (χ3v) is 8.07. The van der Waals surface area contributed by atoms with Gasteiger partial charge < -0.3 is 20.5 Å². The van der Waals surface area contributed by atoms with E-state index in [0.717, 1.165) is 15.4 Å². The maximum atomic E-state index is 13.1. The zero-order valence-corrected chi connectivity index (χ0v) is 21.6. The van der Waals surface area contributed by atoms with Gasteiger partial charge in [-0.1, -0.05) is 48.0 Å². The van der Waals surface area contributed by atoms with Gasteiger partial charge in [0, 0.05) is 13.1 Å². The van der Waals surface area contributed by atoms with Crippen LogP contribution in [0, 0.1) is 6.92 Å². The summed E-state index contributed by atoms with van der Waals surface area (Å²) in [6, 6.07) is 13.5. The number of rotatable bonds is 12. The smallest absolute Gasteiger partial charge is 0.407 e. The largest absolute Gasteiger partial charge is 0.480 e. The molecular weight excluding hydrogens is 498 g/mol. The summed E-state index contributed by atoms with van der Waals surface area (Å²) in [6.45, 7) is 2.48. The first-order valence-electron chi connectivity index (χ1n) is 12.2. The summed E-state index contributed by atoms with van der Waals surface area (Å²) >= 11 is 0. The number of carboxylic acid groups (broad SMARTS) is 1. The van der Waals surface area contributed by atoms with E-state index in [0.29, 0.717) is 32.2 Å². The minimum atomic E-state index is -3.89. The Morgan fingerprint density at radius 3 is 2.46 bits per heavy atom. The van der Waals surface area contributed by atoms with E-state index in [4.69, 9.17) is 4.74 Å². The Bertz CT molecular complexity index is 1170. The highest BCUT2D eigenvalue weighted by Crippen LogP contribution is 2.26. The maximum Gasteiger partial charge on any atom is 0.407 e. The lowest BCUT2D eigenvalue weighted by atomic mass is 10.1. The van der Waals surface area contributed by atoms with Gasteiger partial charge in [-0.3, -0.25) is 4.79 Å². The average Bonchev–Trinajstić information content (AvgIpc) is 3.38. The van der Waals surface area contributed by atoms with Crippen molar-refractivity contribution in [3.8, 4) is 0 Å². The number of ether oxygens (including phenoxy) is 1. The van der Waals surface area contributed by atoms with Crippen LogP contribution in [0.2, 0.25) is 0 Å². The van der Waals surface area contributed by atoms with E-state index >= 15 is 0 Å². The Morgan fingerprint density at radius 1 is 1.08 bits per heavy atom. The van der Waals surface area contributed by atoms with Crippen LogP contribution in [0.4, 0.5) is 4.79 Å². The highest BCUT2D eigenvalue weighted by atomic mass is 32.2. The monoisotopic (exact) mass is 531 g/mol. The molecule has 0 spiro atoms. The lowest BCUT2D eigenvalue weighted by Crippen LogP contribution is -2.50. The summed E-state index contributed by atoms with van der Waals surface area (Å²) in [5, 5.41) is 14.7. The number of hydrogen-bond acceptors (Lipinski definition) is 6. The van der Waals surface area contributed by atoms with E-state index in [1.165, 1.54) is 12.1 Å². The summed E-state index contributed by atoms with van der Waals surface area (Å²) in [5.74, 6) is -1.82. The molecule has 10 nitrogen and oxygen atoms in total. The van der Waals surface area contributed by atoms with Crippen LogP contribution in [0.3, 0.4) is 0 Å². The van der Waals surface area contributed by atoms with Crippen molar-refractivity contribution in [2.75, 3.05) is 13.1 Å². The molecule has 0 bridgehead atoms. The van der Waals surface area contributed by atoms with Gasteiger partial charge in [0.2, 0.25) is 15.9 Å². The normalized spacial score (nSPS) is 16.6. The van der Waals surface area contributed by atoms with Gasteiger partial charge in [0.05, 0.1) is 4.90 Å². The molecule has 3 N–H and O–H groups in total. The van der Waals surface area contributed by atoms with Crippen LogP contribution in [-0.4, -0.2) is 61.0 Å². The molecule has 37 heavy (non-hydrogen) atoms. The van der Waals surface area contributed by atoms with E-state index in [1.807, 2.05) is 37.3 Å². The van der Waals surface area contributed by atoms with E-state index in [-0.39, 0.29) is 24.5 Å². The minimum Gasteiger partial charge on any atom is -0.480 e. The number of aryl methyl sites for hydroxylation is 1. The topological polar surface area (TPSA) is 142 Å². The molecule has 0 saturated carbocycles. The van der Waals surface area contributed by atoms with Crippen LogP contribution in [-0.2, 0) is 31.0 Å². The Hall–Kier alpha value is -3.44. The van der Waals surface area contributed by atoms with E-state index < -0.39 is 40.1 Å². The molecule has 1 saturated heterocycles. The summed E-state index contributed by atoms with van der Waals surface area (Å²) < 4.78 is 32.5. The van der Waals surface area contributed by atoms with Crippen molar-refractivity contribution in [1.82, 2.24) is 14.9 Å². The Balaban J connectivity index is 1.45. The SMILES string of the molecule is Cc1ccc(S(=O)(=O)N2CCC[C@H]2C(=O)N[C@@H](CCCCNC(=O)OCc2ccccc2)C(=O)O)cc1. The van der Waals surface area contributed by atoms with Gasteiger partial charge in [-0.2, -0.15) is 4.31 Å². The van der Waals surface area contributed by atoms with Gasteiger partial charge in [0.1, 0.15) is 18.7 Å². The van der Waals surface area contributed by atoms with Gasteiger partial charge in [-0.25, -0.2) is 18.0 Å². The fourth-order valence-corrected chi connectivity index (χ4v) is 5.76. The van der Waals surface area contributed by atoms with Crippen LogP contribution in [0.15, 0.2) is 59.5 Å². The molecule has 2 amide bonds. The summed E-state index contributed by atoms with van der Waals surface area (Å²) in [7, 11) is -3.89. The predicted octanol–water partition coefficient (Wildman–Crippen LogP) is 2.81. The van der Waals surface area contributed by atoms with Crippen molar-refractivity contribution in [3.63, 3.8) is 0 Å². The number of nitrogens with one attached hydrogen (secondary N) is 2.